The number of rotatable bonds is 64. The van der Waals surface area contributed by atoms with Crippen LogP contribution in [0.2, 0.25) is 11.1 Å². The van der Waals surface area contributed by atoms with Gasteiger partial charge in [0.1, 0.15) is 12.8 Å². The molecule has 97 heavy (non-hydrogen) atoms. The normalized spacial score (nSPS) is 14.9. The maximum atomic E-state index is 14.2. The van der Waals surface area contributed by atoms with Crippen molar-refractivity contribution in [2.75, 3.05) is 19.8 Å². The Kier molecular flexibility index (Phi) is 48.3. The van der Waals surface area contributed by atoms with Gasteiger partial charge in [0, 0.05) is 18.2 Å². The fourth-order valence-electron chi connectivity index (χ4n) is 14.7. The Balaban J connectivity index is 1.43. The number of benzene rings is 2. The summed E-state index contributed by atoms with van der Waals surface area (Å²) in [5, 5.41) is 1.09. The second kappa shape index (κ2) is 54.8. The summed E-state index contributed by atoms with van der Waals surface area (Å²) in [5.74, 6) is 1.62. The fourth-order valence-corrected chi connectivity index (χ4v) is 19.5. The summed E-state index contributed by atoms with van der Waals surface area (Å²) in [4.78, 5) is 41.9. The molecule has 11 nitrogen and oxygen atoms in total. The Labute approximate surface area is 595 Å². The first-order valence-electron chi connectivity index (χ1n) is 41.4. The van der Waals surface area contributed by atoms with E-state index in [4.69, 9.17) is 28.1 Å². The number of H-pyrrole nitrogens is 1. The minimum Gasteiger partial charge on any atom is -0.490 e. The molecule has 2 heterocycles. The summed E-state index contributed by atoms with van der Waals surface area (Å²) in [6.07, 6.45) is 65.2. The summed E-state index contributed by atoms with van der Waals surface area (Å²) >= 11 is 0. The number of carbonyl (C=O) groups excluding carboxylic acids is 1. The quantitative estimate of drug-likeness (QED) is 0.0334. The number of unbranched alkanes of at least 4 members (excludes halogenated alkanes) is 45. The smallest absolute Gasteiger partial charge is 0.338 e. The zero-order valence-electron chi connectivity index (χ0n) is 64.2. The molecule has 1 aromatic heterocycles. The standard InChI is InChI=1S/C85H148N2O9Si/c1-10-14-17-20-23-26-29-32-35-38-41-44-47-50-53-56-63-91-79-66-74(70-94-84(89)75-59-61-76(62-60-75)97(71(5)6,72(7)8)96-78-68-81(95-77(78)13-4)87-69-73(9)83(88)86-85(87)90)67-80(92-64-57-54-51-48-45-42-39-36-33-30-27-24-21-18-15-11-2)82(79)93-65-58-55-52-49-46-43-40-37-34-31-28-25-22-19-16-12-3/h59-62,66-67,69,71-72,77-78,81H,10-58,63-65,68,70H2,1-9H3,(H,86,88,90)/t77-,78?,81-/m1/s1. The van der Waals surface area contributed by atoms with Crippen molar-refractivity contribution in [3.05, 3.63) is 80.1 Å². The summed E-state index contributed by atoms with van der Waals surface area (Å²) in [6, 6.07) is 11.9. The highest BCUT2D eigenvalue weighted by Gasteiger charge is 2.49. The first kappa shape index (κ1) is 85.5. The van der Waals surface area contributed by atoms with Crippen molar-refractivity contribution in [2.45, 2.75) is 419 Å². The number of ether oxygens (including phenoxy) is 5. The van der Waals surface area contributed by atoms with E-state index in [2.05, 4.69) is 72.5 Å². The molecule has 0 saturated carbocycles. The van der Waals surface area contributed by atoms with Crippen LogP contribution >= 0.6 is 0 Å². The van der Waals surface area contributed by atoms with E-state index >= 15 is 0 Å². The lowest BCUT2D eigenvalue weighted by Crippen LogP contribution is -2.58. The molecule has 0 amide bonds. The van der Waals surface area contributed by atoms with E-state index in [9.17, 15) is 14.4 Å². The summed E-state index contributed by atoms with van der Waals surface area (Å²) in [7, 11) is -2.78. The lowest BCUT2D eigenvalue weighted by atomic mass is 10.0. The first-order chi connectivity index (χ1) is 47.4. The highest BCUT2D eigenvalue weighted by atomic mass is 28.4. The van der Waals surface area contributed by atoms with E-state index in [0.29, 0.717) is 61.0 Å². The molecular weight excluding hydrogens is 1220 g/mol. The number of carbonyl (C=O) groups is 1. The van der Waals surface area contributed by atoms with Crippen LogP contribution < -0.4 is 30.6 Å². The van der Waals surface area contributed by atoms with Crippen molar-refractivity contribution in [1.29, 1.82) is 0 Å². The Hall–Kier alpha value is -3.87. The first-order valence-corrected chi connectivity index (χ1v) is 43.4. The molecule has 4 rings (SSSR count). The van der Waals surface area contributed by atoms with E-state index in [1.165, 1.54) is 274 Å². The SMILES string of the molecule is CCCCCCCCCCCCCCCCCCOc1cc(COC(=O)c2ccc([Si](OC3C[C@H](n4cc(C)c(=O)[nH]c4=O)O[C@@H]3CC)(C(C)C)C(C)C)cc2)cc(OCCCCCCCCCCCCCCCCCC)c1OCCCCCCCCCCCCCCCCCC. The zero-order chi connectivity index (χ0) is 69.8. The number of aromatic nitrogens is 2. The molecule has 1 unspecified atom stereocenters. The number of aryl methyl sites for hydroxylation is 1. The molecule has 1 saturated heterocycles. The fraction of sp³-hybridized carbons (Fsp3) is 0.800. The monoisotopic (exact) mass is 1370 g/mol. The molecule has 1 N–H and O–H groups in total. The second-order valence-electron chi connectivity index (χ2n) is 30.0. The number of esters is 1. The molecule has 2 aromatic carbocycles. The minimum absolute atomic E-state index is 0.0593. The van der Waals surface area contributed by atoms with Crippen LogP contribution in [-0.2, 0) is 20.5 Å². The molecule has 0 radical (unpaired) electrons. The van der Waals surface area contributed by atoms with Crippen molar-refractivity contribution in [2.24, 2.45) is 0 Å². The number of nitrogens with one attached hydrogen (secondary N) is 1. The number of hydrogen-bond acceptors (Lipinski definition) is 9. The number of hydrogen-bond donors (Lipinski definition) is 1. The lowest BCUT2D eigenvalue weighted by Gasteiger charge is -2.42. The van der Waals surface area contributed by atoms with Crippen molar-refractivity contribution in [1.82, 2.24) is 9.55 Å². The van der Waals surface area contributed by atoms with Crippen LogP contribution in [-0.4, -0.2) is 55.9 Å². The van der Waals surface area contributed by atoms with Crippen LogP contribution in [0.5, 0.6) is 17.2 Å². The van der Waals surface area contributed by atoms with Gasteiger partial charge in [-0.05, 0) is 78.7 Å². The third-order valence-electron chi connectivity index (χ3n) is 20.9. The van der Waals surface area contributed by atoms with Crippen LogP contribution in [0, 0.1) is 6.92 Å². The zero-order valence-corrected chi connectivity index (χ0v) is 65.2. The van der Waals surface area contributed by atoms with Crippen molar-refractivity contribution >= 4 is 19.5 Å². The van der Waals surface area contributed by atoms with Gasteiger partial charge in [0.2, 0.25) is 14.1 Å². The largest absolute Gasteiger partial charge is 0.490 e. The van der Waals surface area contributed by atoms with Crippen molar-refractivity contribution in [3.63, 3.8) is 0 Å². The topological polar surface area (TPSA) is 127 Å². The Morgan fingerprint density at radius 3 is 1.18 bits per heavy atom. The molecule has 0 bridgehead atoms. The Morgan fingerprint density at radius 1 is 0.495 bits per heavy atom. The van der Waals surface area contributed by atoms with E-state index < -0.39 is 31.8 Å². The third-order valence-corrected chi connectivity index (χ3v) is 26.2. The third kappa shape index (κ3) is 35.5. The van der Waals surface area contributed by atoms with Gasteiger partial charge in [0.25, 0.3) is 5.56 Å². The molecular formula is C85H148N2O9Si. The summed E-state index contributed by atoms with van der Waals surface area (Å²) < 4.78 is 41.9. The highest BCUT2D eigenvalue weighted by molar-refractivity contribution is 6.88. The van der Waals surface area contributed by atoms with Crippen molar-refractivity contribution < 1.29 is 32.9 Å². The van der Waals surface area contributed by atoms with Crippen LogP contribution in [0.25, 0.3) is 0 Å². The molecule has 1 fully saturated rings. The molecule has 0 aliphatic carbocycles. The molecule has 556 valence electrons. The predicted molar refractivity (Wildman–Crippen MR) is 412 cm³/mol. The van der Waals surface area contributed by atoms with Crippen LogP contribution in [0.15, 0.2) is 52.2 Å². The van der Waals surface area contributed by atoms with E-state index in [-0.39, 0.29) is 29.9 Å². The maximum absolute atomic E-state index is 14.2. The van der Waals surface area contributed by atoms with Gasteiger partial charge in [-0.1, -0.05) is 356 Å². The second-order valence-corrected chi connectivity index (χ2v) is 34.7. The highest BCUT2D eigenvalue weighted by Crippen LogP contribution is 2.42. The van der Waals surface area contributed by atoms with E-state index in [0.717, 1.165) is 49.3 Å². The molecule has 3 aromatic rings. The van der Waals surface area contributed by atoms with Gasteiger partial charge in [0.05, 0.1) is 37.6 Å². The van der Waals surface area contributed by atoms with Gasteiger partial charge < -0.3 is 28.1 Å². The summed E-state index contributed by atoms with van der Waals surface area (Å²) in [5.41, 5.74) is 1.22. The van der Waals surface area contributed by atoms with Gasteiger partial charge in [-0.25, -0.2) is 9.59 Å². The molecule has 0 spiro atoms. The Bertz CT molecular complexity index is 2460. The Morgan fingerprint density at radius 2 is 0.835 bits per heavy atom. The maximum Gasteiger partial charge on any atom is 0.338 e. The molecule has 3 atom stereocenters. The average Bonchev–Trinajstić information content (AvgIpc) is 1.71. The lowest BCUT2D eigenvalue weighted by molar-refractivity contribution is -0.0196. The van der Waals surface area contributed by atoms with Gasteiger partial charge in [-0.2, -0.15) is 0 Å². The molecule has 1 aliphatic heterocycles. The van der Waals surface area contributed by atoms with Gasteiger partial charge >= 0.3 is 11.7 Å². The summed E-state index contributed by atoms with van der Waals surface area (Å²) in [6.45, 7) is 21.4. The number of nitrogens with zero attached hydrogens (tertiary/aromatic N) is 1. The average molecular weight is 1370 g/mol. The van der Waals surface area contributed by atoms with Gasteiger partial charge in [0.15, 0.2) is 11.5 Å². The van der Waals surface area contributed by atoms with Crippen LogP contribution in [0.4, 0.5) is 0 Å². The van der Waals surface area contributed by atoms with Crippen LogP contribution in [0.1, 0.15) is 404 Å². The number of aromatic amines is 1. The predicted octanol–water partition coefficient (Wildman–Crippen LogP) is 24.9. The van der Waals surface area contributed by atoms with Crippen molar-refractivity contribution in [3.8, 4) is 17.2 Å². The van der Waals surface area contributed by atoms with E-state index in [1.807, 2.05) is 24.3 Å². The molecule has 1 aliphatic rings. The van der Waals surface area contributed by atoms with Gasteiger partial charge in [-0.15, -0.1) is 0 Å². The van der Waals surface area contributed by atoms with Crippen LogP contribution in [0.3, 0.4) is 0 Å². The van der Waals surface area contributed by atoms with Gasteiger partial charge in [-0.3, -0.25) is 14.3 Å². The van der Waals surface area contributed by atoms with E-state index in [1.54, 1.807) is 13.1 Å². The minimum atomic E-state index is -2.78. The molecule has 12 heteroatoms.